The summed E-state index contributed by atoms with van der Waals surface area (Å²) in [6.45, 7) is 2.03. The molecule has 0 unspecified atom stereocenters. The van der Waals surface area contributed by atoms with Crippen molar-refractivity contribution in [1.82, 2.24) is 4.72 Å². The predicted octanol–water partition coefficient (Wildman–Crippen LogP) is 0.868. The van der Waals surface area contributed by atoms with Gasteiger partial charge in [0.1, 0.15) is 0 Å². The van der Waals surface area contributed by atoms with E-state index in [9.17, 15) is 8.42 Å². The Hall–Kier alpha value is -0.0900. The lowest BCUT2D eigenvalue weighted by Crippen LogP contribution is -2.52. The van der Waals surface area contributed by atoms with E-state index in [1.54, 1.807) is 0 Å². The summed E-state index contributed by atoms with van der Waals surface area (Å²) in [5.41, 5.74) is -0.0897. The van der Waals surface area contributed by atoms with Gasteiger partial charge in [-0.05, 0) is 25.7 Å². The van der Waals surface area contributed by atoms with Gasteiger partial charge in [-0.3, -0.25) is 0 Å². The predicted molar refractivity (Wildman–Crippen MR) is 44.9 cm³/mol. The molecule has 1 N–H and O–H groups in total. The highest BCUT2D eigenvalue weighted by Gasteiger charge is 2.37. The van der Waals surface area contributed by atoms with Crippen LogP contribution in [0.25, 0.3) is 0 Å². The summed E-state index contributed by atoms with van der Waals surface area (Å²) in [7, 11) is -3.00. The fourth-order valence-corrected chi connectivity index (χ4v) is 2.66. The maximum absolute atomic E-state index is 10.9. The van der Waals surface area contributed by atoms with E-state index in [0.717, 1.165) is 25.7 Å². The molecule has 1 rings (SSSR count). The normalized spacial score (nSPS) is 22.7. The van der Waals surface area contributed by atoms with Gasteiger partial charge in [0.05, 0.1) is 6.26 Å². The van der Waals surface area contributed by atoms with Crippen LogP contribution in [0.3, 0.4) is 0 Å². The molecule has 1 saturated carbocycles. The molecule has 4 heteroatoms. The molecule has 1 aliphatic carbocycles. The van der Waals surface area contributed by atoms with Crippen LogP contribution in [-0.4, -0.2) is 20.2 Å². The minimum Gasteiger partial charge on any atom is -0.213 e. The fraction of sp³-hybridized carbons (Fsp3) is 1.00. The van der Waals surface area contributed by atoms with Gasteiger partial charge < -0.3 is 0 Å². The zero-order valence-electron chi connectivity index (χ0n) is 7.05. The van der Waals surface area contributed by atoms with E-state index in [4.69, 9.17) is 0 Å². The Morgan fingerprint density at radius 3 is 2.09 bits per heavy atom. The highest BCUT2D eigenvalue weighted by Crippen LogP contribution is 2.34. The topological polar surface area (TPSA) is 46.2 Å². The molecule has 0 atom stereocenters. The van der Waals surface area contributed by atoms with E-state index < -0.39 is 10.0 Å². The third-order valence-electron chi connectivity index (χ3n) is 2.39. The minimum atomic E-state index is -3.00. The SMILES string of the molecule is CCC1(NS(C)(=O)=O)CCC1. The molecule has 0 aromatic carbocycles. The average Bonchev–Trinajstić information content (AvgIpc) is 1.77. The smallest absolute Gasteiger partial charge is 0.209 e. The average molecular weight is 177 g/mol. The van der Waals surface area contributed by atoms with Gasteiger partial charge in [-0.2, -0.15) is 0 Å². The molecule has 66 valence electrons. The van der Waals surface area contributed by atoms with Gasteiger partial charge in [-0.15, -0.1) is 0 Å². The summed E-state index contributed by atoms with van der Waals surface area (Å²) in [5, 5.41) is 0. The second kappa shape index (κ2) is 2.75. The van der Waals surface area contributed by atoms with Crippen molar-refractivity contribution in [3.8, 4) is 0 Å². The molecule has 0 amide bonds. The van der Waals surface area contributed by atoms with Crippen molar-refractivity contribution in [1.29, 1.82) is 0 Å². The van der Waals surface area contributed by atoms with Gasteiger partial charge >= 0.3 is 0 Å². The van der Waals surface area contributed by atoms with Crippen molar-refractivity contribution in [2.45, 2.75) is 38.1 Å². The lowest BCUT2D eigenvalue weighted by molar-refractivity contribution is 0.214. The van der Waals surface area contributed by atoms with Crippen LogP contribution < -0.4 is 4.72 Å². The van der Waals surface area contributed by atoms with Gasteiger partial charge in [-0.25, -0.2) is 13.1 Å². The van der Waals surface area contributed by atoms with Gasteiger partial charge in [0.25, 0.3) is 0 Å². The quantitative estimate of drug-likeness (QED) is 0.695. The first kappa shape index (κ1) is 9.00. The summed E-state index contributed by atoms with van der Waals surface area (Å²) in [6, 6.07) is 0. The number of hydrogen-bond donors (Lipinski definition) is 1. The molecule has 0 aliphatic heterocycles. The van der Waals surface area contributed by atoms with Crippen molar-refractivity contribution in [2.24, 2.45) is 0 Å². The van der Waals surface area contributed by atoms with Crippen molar-refractivity contribution >= 4 is 10.0 Å². The van der Waals surface area contributed by atoms with Crippen LogP contribution in [0.2, 0.25) is 0 Å². The molecule has 1 fully saturated rings. The summed E-state index contributed by atoms with van der Waals surface area (Å²) in [4.78, 5) is 0. The number of hydrogen-bond acceptors (Lipinski definition) is 2. The van der Waals surface area contributed by atoms with Gasteiger partial charge in [0.2, 0.25) is 10.0 Å². The second-order valence-corrected chi connectivity index (χ2v) is 5.11. The van der Waals surface area contributed by atoms with Crippen molar-refractivity contribution in [2.75, 3.05) is 6.26 Å². The lowest BCUT2D eigenvalue weighted by Gasteiger charge is -2.41. The third kappa shape index (κ3) is 2.17. The van der Waals surface area contributed by atoms with Crippen LogP contribution in [0.5, 0.6) is 0 Å². The van der Waals surface area contributed by atoms with E-state index in [0.29, 0.717) is 0 Å². The van der Waals surface area contributed by atoms with Crippen LogP contribution in [0.4, 0.5) is 0 Å². The summed E-state index contributed by atoms with van der Waals surface area (Å²) < 4.78 is 24.5. The maximum Gasteiger partial charge on any atom is 0.209 e. The van der Waals surface area contributed by atoms with E-state index >= 15 is 0 Å². The highest BCUT2D eigenvalue weighted by atomic mass is 32.2. The Labute approximate surface area is 68.2 Å². The first-order valence-electron chi connectivity index (χ1n) is 3.96. The summed E-state index contributed by atoms with van der Waals surface area (Å²) in [6.07, 6.45) is 5.27. The molecule has 0 spiro atoms. The molecule has 0 saturated heterocycles. The summed E-state index contributed by atoms with van der Waals surface area (Å²) in [5.74, 6) is 0. The second-order valence-electron chi connectivity index (χ2n) is 3.36. The molecular weight excluding hydrogens is 162 g/mol. The largest absolute Gasteiger partial charge is 0.213 e. The Morgan fingerprint density at radius 1 is 1.45 bits per heavy atom. The molecule has 0 radical (unpaired) electrons. The molecule has 0 bridgehead atoms. The van der Waals surface area contributed by atoms with E-state index in [2.05, 4.69) is 4.72 Å². The highest BCUT2D eigenvalue weighted by molar-refractivity contribution is 7.88. The van der Waals surface area contributed by atoms with Gasteiger partial charge in [0, 0.05) is 5.54 Å². The molecule has 3 nitrogen and oxygen atoms in total. The molecule has 11 heavy (non-hydrogen) atoms. The zero-order chi connectivity index (χ0) is 8.54. The first-order valence-corrected chi connectivity index (χ1v) is 5.85. The fourth-order valence-electron chi connectivity index (χ4n) is 1.52. The first-order chi connectivity index (χ1) is 4.97. The standard InChI is InChI=1S/C7H15NO2S/c1-3-7(5-4-6-7)8-11(2,9)10/h8H,3-6H2,1-2H3. The van der Waals surface area contributed by atoms with Crippen LogP contribution >= 0.6 is 0 Å². The minimum absolute atomic E-state index is 0.0897. The molecule has 0 aromatic heterocycles. The molecular formula is C7H15NO2S. The monoisotopic (exact) mass is 177 g/mol. The van der Waals surface area contributed by atoms with Crippen molar-refractivity contribution < 1.29 is 8.42 Å². The van der Waals surface area contributed by atoms with E-state index in [1.807, 2.05) is 6.92 Å². The number of rotatable bonds is 3. The Morgan fingerprint density at radius 2 is 2.00 bits per heavy atom. The van der Waals surface area contributed by atoms with E-state index in [-0.39, 0.29) is 5.54 Å². The molecule has 1 aliphatic rings. The van der Waals surface area contributed by atoms with E-state index in [1.165, 1.54) is 6.26 Å². The Balaban J connectivity index is 2.59. The lowest BCUT2D eigenvalue weighted by atomic mass is 9.76. The number of sulfonamides is 1. The zero-order valence-corrected chi connectivity index (χ0v) is 7.87. The molecule has 0 heterocycles. The van der Waals surface area contributed by atoms with Crippen molar-refractivity contribution in [3.63, 3.8) is 0 Å². The Bertz CT molecular complexity index is 223. The van der Waals surface area contributed by atoms with Gasteiger partial charge in [0.15, 0.2) is 0 Å². The van der Waals surface area contributed by atoms with Crippen LogP contribution in [-0.2, 0) is 10.0 Å². The Kier molecular flexibility index (Phi) is 2.25. The third-order valence-corrected chi connectivity index (χ3v) is 3.19. The van der Waals surface area contributed by atoms with Crippen molar-refractivity contribution in [3.05, 3.63) is 0 Å². The van der Waals surface area contributed by atoms with Gasteiger partial charge in [-0.1, -0.05) is 6.92 Å². The van der Waals surface area contributed by atoms with Crippen LogP contribution in [0.1, 0.15) is 32.6 Å². The van der Waals surface area contributed by atoms with Crippen LogP contribution in [0.15, 0.2) is 0 Å². The summed E-state index contributed by atoms with van der Waals surface area (Å²) >= 11 is 0. The maximum atomic E-state index is 10.9. The number of nitrogens with one attached hydrogen (secondary N) is 1. The van der Waals surface area contributed by atoms with Crippen LogP contribution in [0, 0.1) is 0 Å². The molecule has 0 aromatic rings.